The molecule has 0 aliphatic carbocycles. The quantitative estimate of drug-likeness (QED) is 0.350. The summed E-state index contributed by atoms with van der Waals surface area (Å²) in [5.74, 6) is -2.40. The van der Waals surface area contributed by atoms with Gasteiger partial charge in [-0.2, -0.15) is 0 Å². The van der Waals surface area contributed by atoms with Gasteiger partial charge in [0.15, 0.2) is 0 Å². The molecular weight excluding hydrogens is 438 g/mol. The molecule has 168 valence electrons. The number of rotatable bonds is 5. The van der Waals surface area contributed by atoms with Gasteiger partial charge in [-0.25, -0.2) is 14.5 Å². The third-order valence-electron chi connectivity index (χ3n) is 5.43. The summed E-state index contributed by atoms with van der Waals surface area (Å²) in [6.45, 7) is 0.242. The number of amides is 4. The van der Waals surface area contributed by atoms with Crippen molar-refractivity contribution in [2.45, 2.75) is 6.54 Å². The van der Waals surface area contributed by atoms with Crippen molar-refractivity contribution in [2.75, 3.05) is 4.90 Å². The van der Waals surface area contributed by atoms with Crippen LogP contribution in [0.3, 0.4) is 0 Å². The molecule has 0 atom stereocenters. The van der Waals surface area contributed by atoms with Crippen molar-refractivity contribution in [2.24, 2.45) is 0 Å². The SMILES string of the molecule is O=C1NC(=O)N(c2ccccc2)C(=O)/C1=C/c1cn(Cc2ccc(C(=O)O)o2)c2ccccc12. The van der Waals surface area contributed by atoms with Gasteiger partial charge in [0.05, 0.1) is 12.2 Å². The van der Waals surface area contributed by atoms with E-state index in [4.69, 9.17) is 9.52 Å². The van der Waals surface area contributed by atoms with Crippen LogP contribution in [0.1, 0.15) is 21.9 Å². The van der Waals surface area contributed by atoms with Gasteiger partial charge in [-0.3, -0.25) is 14.9 Å². The molecule has 4 aromatic rings. The van der Waals surface area contributed by atoms with Gasteiger partial charge >= 0.3 is 12.0 Å². The van der Waals surface area contributed by atoms with Crippen molar-refractivity contribution >= 4 is 46.5 Å². The van der Waals surface area contributed by atoms with Gasteiger partial charge in [-0.1, -0.05) is 36.4 Å². The second kappa shape index (κ2) is 8.21. The molecule has 1 aliphatic heterocycles. The Morgan fingerprint density at radius 3 is 2.44 bits per heavy atom. The van der Waals surface area contributed by atoms with Crippen molar-refractivity contribution in [1.29, 1.82) is 0 Å². The molecule has 0 bridgehead atoms. The number of nitrogens with one attached hydrogen (secondary N) is 1. The third kappa shape index (κ3) is 3.65. The molecule has 34 heavy (non-hydrogen) atoms. The molecule has 9 heteroatoms. The van der Waals surface area contributed by atoms with E-state index in [1.54, 1.807) is 42.6 Å². The summed E-state index contributed by atoms with van der Waals surface area (Å²) in [6.07, 6.45) is 3.19. The van der Waals surface area contributed by atoms with Crippen molar-refractivity contribution in [1.82, 2.24) is 9.88 Å². The summed E-state index contributed by atoms with van der Waals surface area (Å²) in [5.41, 5.74) is 1.54. The molecule has 2 aromatic heterocycles. The van der Waals surface area contributed by atoms with Crippen molar-refractivity contribution in [3.8, 4) is 0 Å². The number of hydrogen-bond donors (Lipinski definition) is 2. The van der Waals surface area contributed by atoms with Gasteiger partial charge in [0.2, 0.25) is 5.76 Å². The third-order valence-corrected chi connectivity index (χ3v) is 5.43. The lowest BCUT2D eigenvalue weighted by Gasteiger charge is -2.26. The van der Waals surface area contributed by atoms with E-state index in [0.29, 0.717) is 17.0 Å². The van der Waals surface area contributed by atoms with Gasteiger partial charge in [-0.15, -0.1) is 0 Å². The normalized spacial score (nSPS) is 15.2. The minimum absolute atomic E-state index is 0.163. The van der Waals surface area contributed by atoms with E-state index in [1.807, 2.05) is 28.8 Å². The Morgan fingerprint density at radius 2 is 1.71 bits per heavy atom. The highest BCUT2D eigenvalue weighted by molar-refractivity contribution is 6.39. The summed E-state index contributed by atoms with van der Waals surface area (Å²) in [7, 11) is 0. The maximum absolute atomic E-state index is 13.2. The van der Waals surface area contributed by atoms with E-state index >= 15 is 0 Å². The van der Waals surface area contributed by atoms with Crippen LogP contribution in [0.4, 0.5) is 10.5 Å². The maximum Gasteiger partial charge on any atom is 0.371 e. The van der Waals surface area contributed by atoms with E-state index in [9.17, 15) is 19.2 Å². The number of aromatic nitrogens is 1. The fourth-order valence-corrected chi connectivity index (χ4v) is 3.89. The number of nitrogens with zero attached hydrogens (tertiary/aromatic N) is 2. The number of carboxylic acid groups (broad SMARTS) is 1. The lowest BCUT2D eigenvalue weighted by molar-refractivity contribution is -0.122. The van der Waals surface area contributed by atoms with E-state index < -0.39 is 23.8 Å². The highest BCUT2D eigenvalue weighted by atomic mass is 16.4. The van der Waals surface area contributed by atoms with E-state index in [-0.39, 0.29) is 17.9 Å². The van der Waals surface area contributed by atoms with Gasteiger partial charge in [-0.05, 0) is 36.4 Å². The maximum atomic E-state index is 13.2. The highest BCUT2D eigenvalue weighted by Gasteiger charge is 2.36. The number of anilines is 1. The average Bonchev–Trinajstić information content (AvgIpc) is 3.43. The van der Waals surface area contributed by atoms with Crippen LogP contribution in [0.2, 0.25) is 0 Å². The number of para-hydroxylation sites is 2. The van der Waals surface area contributed by atoms with Crippen LogP contribution in [0.25, 0.3) is 17.0 Å². The number of carbonyl (C=O) groups excluding carboxylic acids is 3. The summed E-state index contributed by atoms with van der Waals surface area (Å²) in [5, 5.41) is 12.1. The fourth-order valence-electron chi connectivity index (χ4n) is 3.89. The summed E-state index contributed by atoms with van der Waals surface area (Å²) in [4.78, 5) is 50.1. The van der Waals surface area contributed by atoms with Crippen LogP contribution in [0, 0.1) is 0 Å². The number of aromatic carboxylic acids is 1. The van der Waals surface area contributed by atoms with Crippen LogP contribution in [-0.4, -0.2) is 33.5 Å². The standard InChI is InChI=1S/C25H17N3O6/c29-22-19(23(30)28(25(33)26-22)16-6-2-1-3-7-16)12-15-13-27(20-9-5-4-8-18(15)20)14-17-10-11-21(34-17)24(31)32/h1-13H,14H2,(H,31,32)(H,26,29,33)/b19-12+. The molecule has 0 radical (unpaired) electrons. The van der Waals surface area contributed by atoms with Gasteiger partial charge < -0.3 is 14.1 Å². The lowest BCUT2D eigenvalue weighted by atomic mass is 10.1. The number of hydrogen-bond acceptors (Lipinski definition) is 5. The number of furan rings is 1. The van der Waals surface area contributed by atoms with Gasteiger partial charge in [0.1, 0.15) is 11.3 Å². The molecule has 5 rings (SSSR count). The number of benzene rings is 2. The molecule has 1 saturated heterocycles. The number of imide groups is 2. The topological polar surface area (TPSA) is 122 Å². The minimum atomic E-state index is -1.16. The zero-order valence-corrected chi connectivity index (χ0v) is 17.6. The number of carbonyl (C=O) groups is 4. The first kappa shape index (κ1) is 21.0. The summed E-state index contributed by atoms with van der Waals surface area (Å²) < 4.78 is 7.20. The summed E-state index contributed by atoms with van der Waals surface area (Å²) in [6, 6.07) is 17.9. The molecule has 2 aromatic carbocycles. The second-order valence-electron chi connectivity index (χ2n) is 7.59. The van der Waals surface area contributed by atoms with Crippen molar-refractivity contribution in [3.05, 3.63) is 95.6 Å². The largest absolute Gasteiger partial charge is 0.475 e. The van der Waals surface area contributed by atoms with Crippen LogP contribution < -0.4 is 10.2 Å². The zero-order valence-electron chi connectivity index (χ0n) is 17.6. The lowest BCUT2D eigenvalue weighted by Crippen LogP contribution is -2.54. The van der Waals surface area contributed by atoms with Crippen molar-refractivity contribution in [3.63, 3.8) is 0 Å². The van der Waals surface area contributed by atoms with Crippen LogP contribution in [0.15, 0.2) is 82.9 Å². The second-order valence-corrected chi connectivity index (χ2v) is 7.59. The number of barbiturate groups is 1. The molecule has 1 aliphatic rings. The Morgan fingerprint density at radius 1 is 0.971 bits per heavy atom. The van der Waals surface area contributed by atoms with Crippen LogP contribution >= 0.6 is 0 Å². The number of carboxylic acids is 1. The highest BCUT2D eigenvalue weighted by Crippen LogP contribution is 2.27. The van der Waals surface area contributed by atoms with E-state index in [2.05, 4.69) is 5.32 Å². The van der Waals surface area contributed by atoms with Crippen LogP contribution in [-0.2, 0) is 16.1 Å². The Labute approximate surface area is 192 Å². The smallest absolute Gasteiger partial charge is 0.371 e. The molecule has 3 heterocycles. The predicted octanol–water partition coefficient (Wildman–Crippen LogP) is 3.65. The van der Waals surface area contributed by atoms with E-state index in [0.717, 1.165) is 15.8 Å². The average molecular weight is 455 g/mol. The Kier molecular flexibility index (Phi) is 5.06. The first-order valence-corrected chi connectivity index (χ1v) is 10.3. The number of urea groups is 1. The first-order chi connectivity index (χ1) is 16.4. The fraction of sp³-hybridized carbons (Fsp3) is 0.0400. The monoisotopic (exact) mass is 455 g/mol. The zero-order chi connectivity index (χ0) is 23.8. The molecule has 2 N–H and O–H groups in total. The number of fused-ring (bicyclic) bond motifs is 1. The molecule has 9 nitrogen and oxygen atoms in total. The minimum Gasteiger partial charge on any atom is -0.475 e. The van der Waals surface area contributed by atoms with E-state index in [1.165, 1.54) is 12.1 Å². The summed E-state index contributed by atoms with van der Waals surface area (Å²) >= 11 is 0. The predicted molar refractivity (Wildman–Crippen MR) is 122 cm³/mol. The Bertz CT molecular complexity index is 1500. The van der Waals surface area contributed by atoms with Gasteiger partial charge in [0, 0.05) is 22.7 Å². The molecular formula is C25H17N3O6. The molecule has 0 unspecified atom stereocenters. The van der Waals surface area contributed by atoms with Crippen molar-refractivity contribution < 1.29 is 28.7 Å². The van der Waals surface area contributed by atoms with Crippen LogP contribution in [0.5, 0.6) is 0 Å². The molecule has 0 spiro atoms. The first-order valence-electron chi connectivity index (χ1n) is 10.3. The Balaban J connectivity index is 1.55. The molecule has 0 saturated carbocycles. The Hall–Kier alpha value is -4.92. The molecule has 1 fully saturated rings. The molecule has 4 amide bonds. The van der Waals surface area contributed by atoms with Gasteiger partial charge in [0.25, 0.3) is 11.8 Å².